The van der Waals surface area contributed by atoms with Crippen LogP contribution in [0.25, 0.3) is 11.3 Å². The van der Waals surface area contributed by atoms with Gasteiger partial charge in [0.05, 0.1) is 0 Å². The zero-order valence-electron chi connectivity index (χ0n) is 15.7. The highest BCUT2D eigenvalue weighted by Gasteiger charge is 2.30. The second kappa shape index (κ2) is 8.83. The number of carbonyl (C=O) groups is 3. The van der Waals surface area contributed by atoms with Crippen LogP contribution in [0, 0.1) is 0 Å². The van der Waals surface area contributed by atoms with Crippen molar-refractivity contribution in [1.29, 1.82) is 0 Å². The molecule has 2 aromatic carbocycles. The maximum Gasteiger partial charge on any atom is 0.287 e. The molecule has 0 saturated heterocycles. The topological polar surface area (TPSA) is 127 Å². The van der Waals surface area contributed by atoms with Gasteiger partial charge in [-0.1, -0.05) is 65.8 Å². The number of anilines is 1. The zero-order valence-corrected chi connectivity index (χ0v) is 15.7. The van der Waals surface area contributed by atoms with E-state index in [1.165, 1.54) is 0 Å². The molecule has 0 radical (unpaired) electrons. The summed E-state index contributed by atoms with van der Waals surface area (Å²) in [5.41, 5.74) is 7.07. The maximum absolute atomic E-state index is 13.1. The van der Waals surface area contributed by atoms with E-state index in [0.717, 1.165) is 5.56 Å². The van der Waals surface area contributed by atoms with Crippen molar-refractivity contribution in [1.82, 2.24) is 10.5 Å². The van der Waals surface area contributed by atoms with Gasteiger partial charge < -0.3 is 20.9 Å². The first-order valence-electron chi connectivity index (χ1n) is 8.92. The normalized spacial score (nSPS) is 11.5. The Morgan fingerprint density at radius 2 is 1.66 bits per heavy atom. The van der Waals surface area contributed by atoms with Crippen LogP contribution >= 0.6 is 0 Å². The number of carbonyl (C=O) groups excluding carboxylic acids is 3. The van der Waals surface area contributed by atoms with Crippen LogP contribution in [0.2, 0.25) is 0 Å². The average Bonchev–Trinajstić information content (AvgIpc) is 3.18. The van der Waals surface area contributed by atoms with Gasteiger partial charge in [-0.15, -0.1) is 0 Å². The Kier molecular flexibility index (Phi) is 6.03. The highest BCUT2D eigenvalue weighted by atomic mass is 16.5. The predicted octanol–water partition coefficient (Wildman–Crippen LogP) is 1.78. The number of hydrogen-bond acceptors (Lipinski definition) is 6. The van der Waals surface area contributed by atoms with Crippen molar-refractivity contribution >= 4 is 23.5 Å². The van der Waals surface area contributed by atoms with E-state index in [1.54, 1.807) is 55.6 Å². The number of primary amides is 1. The standard InChI is InChI=1S/C21H20N4O4/c1-23-21-16(17(25-29-21)14-10-6-3-7-11-14)20(28)24-15(18(26)19(22)27)12-13-8-4-2-5-9-13/h2-11,15,23H,12H2,1H3,(H2,22,27)(H,24,28). The molecule has 3 aromatic rings. The van der Waals surface area contributed by atoms with Crippen LogP contribution in [0.1, 0.15) is 15.9 Å². The summed E-state index contributed by atoms with van der Waals surface area (Å²) in [5.74, 6) is -2.46. The van der Waals surface area contributed by atoms with Gasteiger partial charge in [0.1, 0.15) is 17.3 Å². The lowest BCUT2D eigenvalue weighted by Gasteiger charge is -2.16. The Labute approximate surface area is 167 Å². The predicted molar refractivity (Wildman–Crippen MR) is 107 cm³/mol. The summed E-state index contributed by atoms with van der Waals surface area (Å²) in [6.45, 7) is 0. The van der Waals surface area contributed by atoms with Crippen molar-refractivity contribution < 1.29 is 18.9 Å². The molecule has 1 atom stereocenters. The molecule has 0 aliphatic carbocycles. The van der Waals surface area contributed by atoms with Crippen molar-refractivity contribution in [3.8, 4) is 11.3 Å². The van der Waals surface area contributed by atoms with Gasteiger partial charge in [-0.25, -0.2) is 0 Å². The van der Waals surface area contributed by atoms with Crippen molar-refractivity contribution in [2.24, 2.45) is 5.73 Å². The monoisotopic (exact) mass is 392 g/mol. The number of benzene rings is 2. The molecule has 148 valence electrons. The van der Waals surface area contributed by atoms with Gasteiger partial charge in [0, 0.05) is 19.0 Å². The quantitative estimate of drug-likeness (QED) is 0.502. The van der Waals surface area contributed by atoms with Crippen LogP contribution in [-0.4, -0.2) is 35.8 Å². The number of amides is 2. The molecule has 0 spiro atoms. The molecule has 0 aliphatic heterocycles. The minimum absolute atomic E-state index is 0.120. The molecule has 4 N–H and O–H groups in total. The second-order valence-corrected chi connectivity index (χ2v) is 6.30. The molecule has 1 aromatic heterocycles. The summed E-state index contributed by atoms with van der Waals surface area (Å²) in [7, 11) is 1.59. The first kappa shape index (κ1) is 19.8. The van der Waals surface area contributed by atoms with Gasteiger partial charge in [-0.05, 0) is 5.56 Å². The van der Waals surface area contributed by atoms with Gasteiger partial charge in [0.25, 0.3) is 11.8 Å². The number of Topliss-reactive ketones (excluding diaryl/α,β-unsaturated/α-hetero) is 1. The fourth-order valence-electron chi connectivity index (χ4n) is 2.93. The highest BCUT2D eigenvalue weighted by molar-refractivity contribution is 6.38. The Balaban J connectivity index is 1.93. The fourth-order valence-corrected chi connectivity index (χ4v) is 2.93. The molecule has 0 saturated carbocycles. The van der Waals surface area contributed by atoms with E-state index in [1.807, 2.05) is 12.1 Å². The van der Waals surface area contributed by atoms with E-state index in [-0.39, 0.29) is 17.9 Å². The molecular weight excluding hydrogens is 372 g/mol. The van der Waals surface area contributed by atoms with Crippen LogP contribution in [0.4, 0.5) is 5.88 Å². The van der Waals surface area contributed by atoms with Crippen LogP contribution in [0.3, 0.4) is 0 Å². The summed E-state index contributed by atoms with van der Waals surface area (Å²) in [6, 6.07) is 16.9. The van der Waals surface area contributed by atoms with Gasteiger partial charge in [-0.2, -0.15) is 0 Å². The van der Waals surface area contributed by atoms with Crippen molar-refractivity contribution in [3.63, 3.8) is 0 Å². The lowest BCUT2D eigenvalue weighted by molar-refractivity contribution is -0.137. The SMILES string of the molecule is CNc1onc(-c2ccccc2)c1C(=O)NC(Cc1ccccc1)C(=O)C(N)=O. The van der Waals surface area contributed by atoms with E-state index >= 15 is 0 Å². The average molecular weight is 392 g/mol. The molecule has 29 heavy (non-hydrogen) atoms. The Bertz CT molecular complexity index is 1020. The van der Waals surface area contributed by atoms with E-state index in [4.69, 9.17) is 10.3 Å². The third kappa shape index (κ3) is 4.49. The van der Waals surface area contributed by atoms with Gasteiger partial charge in [0.2, 0.25) is 11.7 Å². The first-order valence-corrected chi connectivity index (χ1v) is 8.92. The van der Waals surface area contributed by atoms with Crippen molar-refractivity contribution in [3.05, 3.63) is 71.8 Å². The molecular formula is C21H20N4O4. The van der Waals surface area contributed by atoms with Crippen molar-refractivity contribution in [2.75, 3.05) is 12.4 Å². The fraction of sp³-hybridized carbons (Fsp3) is 0.143. The number of hydrogen-bond donors (Lipinski definition) is 3. The number of nitrogens with zero attached hydrogens (tertiary/aromatic N) is 1. The van der Waals surface area contributed by atoms with E-state index < -0.39 is 23.6 Å². The molecule has 8 nitrogen and oxygen atoms in total. The van der Waals surface area contributed by atoms with Gasteiger partial charge >= 0.3 is 0 Å². The molecule has 1 unspecified atom stereocenters. The largest absolute Gasteiger partial charge is 0.363 e. The summed E-state index contributed by atoms with van der Waals surface area (Å²) in [5, 5.41) is 9.35. The number of rotatable bonds is 8. The maximum atomic E-state index is 13.1. The molecule has 3 rings (SSSR count). The van der Waals surface area contributed by atoms with Crippen LogP contribution in [0.15, 0.2) is 65.2 Å². The third-order valence-corrected chi connectivity index (χ3v) is 4.34. The van der Waals surface area contributed by atoms with Gasteiger partial charge in [-0.3, -0.25) is 14.4 Å². The molecule has 8 heteroatoms. The van der Waals surface area contributed by atoms with E-state index in [0.29, 0.717) is 11.3 Å². The van der Waals surface area contributed by atoms with Crippen molar-refractivity contribution in [2.45, 2.75) is 12.5 Å². The minimum atomic E-state index is -1.12. The molecule has 0 fully saturated rings. The van der Waals surface area contributed by atoms with Crippen LogP contribution in [0.5, 0.6) is 0 Å². The third-order valence-electron chi connectivity index (χ3n) is 4.34. The van der Waals surface area contributed by atoms with Crippen LogP contribution in [-0.2, 0) is 16.0 Å². The van der Waals surface area contributed by atoms with Crippen LogP contribution < -0.4 is 16.4 Å². The molecule has 1 heterocycles. The molecule has 0 bridgehead atoms. The zero-order chi connectivity index (χ0) is 20.8. The summed E-state index contributed by atoms with van der Waals surface area (Å²) < 4.78 is 5.23. The number of nitrogens with one attached hydrogen (secondary N) is 2. The highest BCUT2D eigenvalue weighted by Crippen LogP contribution is 2.28. The van der Waals surface area contributed by atoms with E-state index in [9.17, 15) is 14.4 Å². The number of nitrogens with two attached hydrogens (primary N) is 1. The smallest absolute Gasteiger partial charge is 0.287 e. The van der Waals surface area contributed by atoms with E-state index in [2.05, 4.69) is 15.8 Å². The Morgan fingerprint density at radius 1 is 1.03 bits per heavy atom. The summed E-state index contributed by atoms with van der Waals surface area (Å²) >= 11 is 0. The minimum Gasteiger partial charge on any atom is -0.363 e. The summed E-state index contributed by atoms with van der Waals surface area (Å²) in [4.78, 5) is 36.9. The lowest BCUT2D eigenvalue weighted by Crippen LogP contribution is -2.47. The first-order chi connectivity index (χ1) is 14.0. The summed E-state index contributed by atoms with van der Waals surface area (Å²) in [6.07, 6.45) is 0.120. The number of ketones is 1. The number of aromatic nitrogens is 1. The Hall–Kier alpha value is -3.94. The lowest BCUT2D eigenvalue weighted by atomic mass is 10.0. The molecule has 2 amide bonds. The second-order valence-electron chi connectivity index (χ2n) is 6.30. The van der Waals surface area contributed by atoms with Gasteiger partial charge in [0.15, 0.2) is 0 Å². The Morgan fingerprint density at radius 3 is 2.24 bits per heavy atom. The molecule has 0 aliphatic rings.